The lowest BCUT2D eigenvalue weighted by Crippen LogP contribution is -2.26. The maximum atomic E-state index is 4.45. The summed E-state index contributed by atoms with van der Waals surface area (Å²) in [5.41, 5.74) is 4.24. The van der Waals surface area contributed by atoms with E-state index in [2.05, 4.69) is 56.0 Å². The number of halogens is 1. The highest BCUT2D eigenvalue weighted by Gasteiger charge is 2.18. The summed E-state index contributed by atoms with van der Waals surface area (Å²) in [6.45, 7) is 4.53. The Balaban J connectivity index is 2.07. The summed E-state index contributed by atoms with van der Waals surface area (Å²) in [4.78, 5) is 0. The van der Waals surface area contributed by atoms with Crippen LogP contribution in [-0.4, -0.2) is 22.6 Å². The van der Waals surface area contributed by atoms with Crippen molar-refractivity contribution in [3.63, 3.8) is 0 Å². The van der Waals surface area contributed by atoms with E-state index in [0.29, 0.717) is 6.37 Å². The highest BCUT2D eigenvalue weighted by atomic mass is 127. The van der Waals surface area contributed by atoms with E-state index < -0.39 is 0 Å². The molecule has 0 radical (unpaired) electrons. The number of benzene rings is 1. The summed E-state index contributed by atoms with van der Waals surface area (Å²) >= 11 is 2.39. The van der Waals surface area contributed by atoms with Gasteiger partial charge in [-0.15, -0.1) is 0 Å². The monoisotopic (exact) mass is 373 g/mol. The van der Waals surface area contributed by atoms with Gasteiger partial charge in [0.2, 0.25) is 0 Å². The van der Waals surface area contributed by atoms with Crippen LogP contribution < -0.4 is 5.32 Å². The molecule has 18 heavy (non-hydrogen) atoms. The normalized spacial score (nSPS) is 18.1. The zero-order valence-electron chi connectivity index (χ0n) is 10.4. The average molecular weight is 373 g/mol. The van der Waals surface area contributed by atoms with Gasteiger partial charge in [0.05, 0.1) is 18.1 Å². The van der Waals surface area contributed by atoms with E-state index in [9.17, 15) is 0 Å². The fraction of sp³-hybridized carbons (Fsp3) is 0.462. The Morgan fingerprint density at radius 3 is 2.89 bits per heavy atom. The standard InChI is InChI=1S/C13H17IN3P/c1-9-6-11-8-16-17(18-14)13(11)7-12(9)10-2-4-15-5-3-10/h6-8,10,15,18H,2-5H2,1H3. The second-order valence-electron chi connectivity index (χ2n) is 4.93. The predicted octanol–water partition coefficient (Wildman–Crippen LogP) is 3.60. The number of rotatable bonds is 2. The number of nitrogens with one attached hydrogen (secondary N) is 1. The first-order valence-corrected chi connectivity index (χ1v) is 10.4. The van der Waals surface area contributed by atoms with Gasteiger partial charge < -0.3 is 5.32 Å². The highest BCUT2D eigenvalue weighted by molar-refractivity contribution is 14.2. The molecule has 1 unspecified atom stereocenters. The molecule has 96 valence electrons. The molecule has 0 saturated carbocycles. The van der Waals surface area contributed by atoms with E-state index in [0.717, 1.165) is 19.0 Å². The molecule has 1 N–H and O–H groups in total. The van der Waals surface area contributed by atoms with Gasteiger partial charge in [0.25, 0.3) is 0 Å². The topological polar surface area (TPSA) is 29.9 Å². The summed E-state index contributed by atoms with van der Waals surface area (Å²) in [6.07, 6.45) is 5.17. The molecule has 1 aliphatic rings. The number of fused-ring (bicyclic) bond motifs is 1. The van der Waals surface area contributed by atoms with Crippen LogP contribution in [0.4, 0.5) is 0 Å². The lowest BCUT2D eigenvalue weighted by Gasteiger charge is -2.24. The fourth-order valence-electron chi connectivity index (χ4n) is 2.84. The van der Waals surface area contributed by atoms with E-state index in [-0.39, 0.29) is 0 Å². The molecule has 2 heterocycles. The summed E-state index contributed by atoms with van der Waals surface area (Å²) in [6, 6.07) is 4.67. The summed E-state index contributed by atoms with van der Waals surface area (Å²) < 4.78 is 2.11. The minimum Gasteiger partial charge on any atom is -0.317 e. The molecule has 1 fully saturated rings. The van der Waals surface area contributed by atoms with Gasteiger partial charge >= 0.3 is 0 Å². The van der Waals surface area contributed by atoms with Crippen LogP contribution in [0, 0.1) is 6.92 Å². The smallest absolute Gasteiger partial charge is 0.0732 e. The third-order valence-electron chi connectivity index (χ3n) is 3.81. The second-order valence-corrected chi connectivity index (χ2v) is 6.97. The van der Waals surface area contributed by atoms with Gasteiger partial charge in [-0.05, 0) is 84.1 Å². The molecular weight excluding hydrogens is 356 g/mol. The van der Waals surface area contributed by atoms with E-state index in [1.165, 1.54) is 34.9 Å². The maximum absolute atomic E-state index is 4.45. The van der Waals surface area contributed by atoms with Crippen molar-refractivity contribution in [2.24, 2.45) is 0 Å². The quantitative estimate of drug-likeness (QED) is 0.644. The fourth-order valence-corrected chi connectivity index (χ4v) is 4.38. The number of aromatic nitrogens is 2. The summed E-state index contributed by atoms with van der Waals surface area (Å²) in [5, 5.41) is 9.16. The van der Waals surface area contributed by atoms with E-state index in [4.69, 9.17) is 0 Å². The average Bonchev–Trinajstić information content (AvgIpc) is 2.80. The molecule has 0 bridgehead atoms. The maximum Gasteiger partial charge on any atom is 0.0732 e. The Labute approximate surface area is 122 Å². The second kappa shape index (κ2) is 5.43. The molecular formula is C13H17IN3P. The summed E-state index contributed by atoms with van der Waals surface area (Å²) in [7, 11) is 0. The molecule has 2 aromatic rings. The van der Waals surface area contributed by atoms with E-state index >= 15 is 0 Å². The van der Waals surface area contributed by atoms with E-state index in [1.807, 2.05) is 6.20 Å². The zero-order chi connectivity index (χ0) is 12.5. The van der Waals surface area contributed by atoms with Gasteiger partial charge in [-0.1, -0.05) is 0 Å². The van der Waals surface area contributed by atoms with Crippen molar-refractivity contribution in [2.75, 3.05) is 13.1 Å². The number of nitrogens with zero attached hydrogens (tertiary/aromatic N) is 2. The number of hydrogen-bond donors (Lipinski definition) is 1. The van der Waals surface area contributed by atoms with Crippen LogP contribution in [-0.2, 0) is 0 Å². The van der Waals surface area contributed by atoms with Crippen molar-refractivity contribution in [3.05, 3.63) is 29.5 Å². The van der Waals surface area contributed by atoms with Gasteiger partial charge in [-0.25, -0.2) is 4.45 Å². The number of aryl methyl sites for hydroxylation is 1. The van der Waals surface area contributed by atoms with Gasteiger partial charge in [0, 0.05) is 5.39 Å². The van der Waals surface area contributed by atoms with Crippen molar-refractivity contribution in [3.8, 4) is 0 Å². The minimum atomic E-state index is 0.674. The van der Waals surface area contributed by atoms with E-state index in [1.54, 1.807) is 0 Å². The molecule has 1 aliphatic heterocycles. The van der Waals surface area contributed by atoms with Crippen LogP contribution in [0.15, 0.2) is 18.3 Å². The molecule has 1 aromatic heterocycles. The first-order chi connectivity index (χ1) is 8.79. The molecule has 0 amide bonds. The summed E-state index contributed by atoms with van der Waals surface area (Å²) in [5.74, 6) is 0.719. The SMILES string of the molecule is Cc1cc2cnn(PI)c2cc1C1CCNCC1. The predicted molar refractivity (Wildman–Crippen MR) is 87.0 cm³/mol. The van der Waals surface area contributed by atoms with Crippen molar-refractivity contribution in [1.29, 1.82) is 0 Å². The third-order valence-corrected chi connectivity index (χ3v) is 5.70. The first kappa shape index (κ1) is 12.8. The largest absolute Gasteiger partial charge is 0.317 e. The van der Waals surface area contributed by atoms with Gasteiger partial charge in [0.1, 0.15) is 0 Å². The Bertz CT molecular complexity index is 561. The van der Waals surface area contributed by atoms with Crippen molar-refractivity contribution in [1.82, 2.24) is 14.9 Å². The Morgan fingerprint density at radius 2 is 2.17 bits per heavy atom. The molecule has 3 rings (SSSR count). The van der Waals surface area contributed by atoms with Gasteiger partial charge in [-0.3, -0.25) is 0 Å². The van der Waals surface area contributed by atoms with Crippen LogP contribution >= 0.6 is 28.4 Å². The van der Waals surface area contributed by atoms with Gasteiger partial charge in [-0.2, -0.15) is 5.10 Å². The van der Waals surface area contributed by atoms with Crippen LogP contribution in [0.1, 0.15) is 29.9 Å². The van der Waals surface area contributed by atoms with Crippen LogP contribution in [0.3, 0.4) is 0 Å². The van der Waals surface area contributed by atoms with Crippen LogP contribution in [0.25, 0.3) is 10.9 Å². The number of piperidine rings is 1. The Hall–Kier alpha value is -0.190. The van der Waals surface area contributed by atoms with Crippen molar-refractivity contribution < 1.29 is 0 Å². The van der Waals surface area contributed by atoms with Crippen LogP contribution in [0.2, 0.25) is 0 Å². The highest BCUT2D eigenvalue weighted by Crippen LogP contribution is 2.34. The lowest BCUT2D eigenvalue weighted by atomic mass is 9.87. The Morgan fingerprint density at radius 1 is 1.39 bits per heavy atom. The molecule has 3 nitrogen and oxygen atoms in total. The Kier molecular flexibility index (Phi) is 3.87. The van der Waals surface area contributed by atoms with Crippen molar-refractivity contribution >= 4 is 39.3 Å². The number of hydrogen-bond acceptors (Lipinski definition) is 2. The minimum absolute atomic E-state index is 0.674. The molecule has 5 heteroatoms. The molecule has 1 saturated heterocycles. The van der Waals surface area contributed by atoms with Crippen LogP contribution in [0.5, 0.6) is 0 Å². The zero-order valence-corrected chi connectivity index (χ0v) is 13.6. The molecule has 1 aromatic carbocycles. The lowest BCUT2D eigenvalue weighted by molar-refractivity contribution is 0.459. The third kappa shape index (κ3) is 2.30. The molecule has 1 atom stereocenters. The molecule has 0 spiro atoms. The first-order valence-electron chi connectivity index (χ1n) is 6.35. The van der Waals surface area contributed by atoms with Gasteiger partial charge in [0.15, 0.2) is 0 Å². The molecule has 0 aliphatic carbocycles. The van der Waals surface area contributed by atoms with Crippen molar-refractivity contribution in [2.45, 2.75) is 25.7 Å².